The van der Waals surface area contributed by atoms with E-state index in [1.807, 2.05) is 30.4 Å². The van der Waals surface area contributed by atoms with Crippen molar-refractivity contribution in [3.8, 4) is 0 Å². The highest BCUT2D eigenvalue weighted by Crippen LogP contribution is 2.25. The fraction of sp³-hybridized carbons (Fsp3) is 0.350. The number of amides is 2. The van der Waals surface area contributed by atoms with Crippen LogP contribution in [0, 0.1) is 5.92 Å². The second-order valence-corrected chi connectivity index (χ2v) is 7.90. The quantitative estimate of drug-likeness (QED) is 0.476. The Hall–Kier alpha value is -2.19. The molecule has 0 aromatic carbocycles. The summed E-state index contributed by atoms with van der Waals surface area (Å²) < 4.78 is 0.870. The fourth-order valence-corrected chi connectivity index (χ4v) is 3.72. The van der Waals surface area contributed by atoms with E-state index in [-0.39, 0.29) is 17.7 Å². The molecule has 0 radical (unpaired) electrons. The number of rotatable bonds is 8. The van der Waals surface area contributed by atoms with Crippen molar-refractivity contribution in [2.75, 3.05) is 6.54 Å². The number of thiocarbonyl (C=S) groups is 1. The highest BCUT2D eigenvalue weighted by Gasteiger charge is 2.34. The first kappa shape index (κ1) is 20.5. The van der Waals surface area contributed by atoms with Crippen LogP contribution in [0.5, 0.6) is 0 Å². The summed E-state index contributed by atoms with van der Waals surface area (Å²) in [5, 5.41) is 3.21. The molecule has 1 aromatic rings. The van der Waals surface area contributed by atoms with Crippen molar-refractivity contribution in [1.82, 2.24) is 15.2 Å². The summed E-state index contributed by atoms with van der Waals surface area (Å²) in [6, 6.07) is 3.77. The Kier molecular flexibility index (Phi) is 7.22. The number of unbranched alkanes of at least 4 members (excludes halogenated alkanes) is 2. The first-order chi connectivity index (χ1) is 13.5. The van der Waals surface area contributed by atoms with Gasteiger partial charge in [0.15, 0.2) is 0 Å². The van der Waals surface area contributed by atoms with E-state index in [0.29, 0.717) is 30.3 Å². The van der Waals surface area contributed by atoms with Gasteiger partial charge in [-0.05, 0) is 48.8 Å². The molecule has 2 heterocycles. The second kappa shape index (κ2) is 9.84. The minimum Gasteiger partial charge on any atom is -0.352 e. The number of carbonyl (C=O) groups excluding carboxylic acids is 2. The van der Waals surface area contributed by atoms with Gasteiger partial charge < -0.3 is 5.32 Å². The monoisotopic (exact) mass is 460 g/mol. The van der Waals surface area contributed by atoms with Crippen molar-refractivity contribution in [2.24, 2.45) is 10.9 Å². The Labute approximate surface area is 177 Å². The van der Waals surface area contributed by atoms with Gasteiger partial charge in [-0.15, -0.1) is 0 Å². The van der Waals surface area contributed by atoms with Gasteiger partial charge in [0.2, 0.25) is 16.9 Å². The number of halogens is 1. The fourth-order valence-electron chi connectivity index (χ4n) is 3.04. The van der Waals surface area contributed by atoms with E-state index < -0.39 is 0 Å². The Morgan fingerprint density at radius 1 is 1.29 bits per heavy atom. The molecule has 1 unspecified atom stereocenters. The van der Waals surface area contributed by atoms with Crippen molar-refractivity contribution in [1.29, 1.82) is 0 Å². The van der Waals surface area contributed by atoms with Crippen molar-refractivity contribution >= 4 is 50.8 Å². The third-order valence-corrected chi connectivity index (χ3v) is 5.38. The van der Waals surface area contributed by atoms with Crippen molar-refractivity contribution in [2.45, 2.75) is 32.2 Å². The van der Waals surface area contributed by atoms with Crippen LogP contribution in [0.2, 0.25) is 0 Å². The summed E-state index contributed by atoms with van der Waals surface area (Å²) in [4.78, 5) is 34.6. The van der Waals surface area contributed by atoms with Crippen LogP contribution < -0.4 is 5.32 Å². The molecule has 0 saturated heterocycles. The molecule has 28 heavy (non-hydrogen) atoms. The van der Waals surface area contributed by atoms with Crippen LogP contribution in [0.15, 0.2) is 52.2 Å². The number of hydrogen-bond donors (Lipinski definition) is 1. The van der Waals surface area contributed by atoms with Crippen LogP contribution in [0.4, 0.5) is 0 Å². The zero-order chi connectivity index (χ0) is 19.9. The smallest absolute Gasteiger partial charge is 0.241 e. The molecule has 2 aliphatic rings. The maximum absolute atomic E-state index is 12.7. The van der Waals surface area contributed by atoms with E-state index in [4.69, 9.17) is 12.2 Å². The number of fused-ring (bicyclic) bond motifs is 1. The molecule has 3 rings (SSSR count). The van der Waals surface area contributed by atoms with E-state index >= 15 is 0 Å². The maximum Gasteiger partial charge on any atom is 0.241 e. The predicted octanol–water partition coefficient (Wildman–Crippen LogP) is 3.29. The average molecular weight is 461 g/mol. The molecule has 1 atom stereocenters. The summed E-state index contributed by atoms with van der Waals surface area (Å²) in [5.41, 5.74) is 1.67. The largest absolute Gasteiger partial charge is 0.352 e. The van der Waals surface area contributed by atoms with Gasteiger partial charge in [0, 0.05) is 36.4 Å². The van der Waals surface area contributed by atoms with E-state index in [2.05, 4.69) is 31.2 Å². The van der Waals surface area contributed by atoms with Gasteiger partial charge in [-0.25, -0.2) is 4.99 Å². The molecule has 0 fully saturated rings. The Bertz CT molecular complexity index is 851. The molecular formula is C20H21BrN4O2S. The predicted molar refractivity (Wildman–Crippen MR) is 116 cm³/mol. The zero-order valence-corrected chi connectivity index (χ0v) is 17.7. The zero-order valence-electron chi connectivity index (χ0n) is 15.3. The van der Waals surface area contributed by atoms with Crippen LogP contribution >= 0.6 is 28.1 Å². The second-order valence-electron chi connectivity index (χ2n) is 6.62. The number of hydrogen-bond acceptors (Lipinski definition) is 4. The van der Waals surface area contributed by atoms with Crippen molar-refractivity contribution < 1.29 is 9.59 Å². The van der Waals surface area contributed by atoms with Gasteiger partial charge in [-0.2, -0.15) is 0 Å². The topological polar surface area (TPSA) is 74.7 Å². The van der Waals surface area contributed by atoms with Crippen LogP contribution in [0.3, 0.4) is 0 Å². The molecule has 146 valence electrons. The maximum atomic E-state index is 12.7. The minimum atomic E-state index is -0.371. The Morgan fingerprint density at radius 2 is 2.14 bits per heavy atom. The SMILES string of the molecule is O=C(CCCCCN1C(=O)C2C=C(Br)C=CC2=NC1=S)NCc1cccnc1. The molecule has 2 amide bonds. The van der Waals surface area contributed by atoms with E-state index in [1.54, 1.807) is 17.3 Å². The Morgan fingerprint density at radius 3 is 2.93 bits per heavy atom. The number of aliphatic imine (C=N–C) groups is 1. The highest BCUT2D eigenvalue weighted by atomic mass is 79.9. The van der Waals surface area contributed by atoms with Crippen molar-refractivity contribution in [3.05, 3.63) is 52.8 Å². The van der Waals surface area contributed by atoms with Gasteiger partial charge in [0.1, 0.15) is 5.92 Å². The van der Waals surface area contributed by atoms with Crippen molar-refractivity contribution in [3.63, 3.8) is 0 Å². The molecule has 1 aliphatic carbocycles. The van der Waals surface area contributed by atoms with E-state index in [0.717, 1.165) is 29.3 Å². The molecule has 1 N–H and O–H groups in total. The Balaban J connectivity index is 1.37. The lowest BCUT2D eigenvalue weighted by Gasteiger charge is -2.30. The third kappa shape index (κ3) is 5.42. The molecule has 1 aliphatic heterocycles. The van der Waals surface area contributed by atoms with Gasteiger partial charge in [0.05, 0.1) is 5.71 Å². The number of aromatic nitrogens is 1. The molecule has 0 bridgehead atoms. The van der Waals surface area contributed by atoms with Crippen LogP contribution in [-0.4, -0.2) is 39.1 Å². The molecule has 0 spiro atoms. The molecule has 1 aromatic heterocycles. The number of allylic oxidation sites excluding steroid dienone is 3. The number of nitrogens with one attached hydrogen (secondary N) is 1. The highest BCUT2D eigenvalue weighted by molar-refractivity contribution is 9.11. The lowest BCUT2D eigenvalue weighted by atomic mass is 9.95. The lowest BCUT2D eigenvalue weighted by Crippen LogP contribution is -2.46. The first-order valence-corrected chi connectivity index (χ1v) is 10.4. The molecule has 8 heteroatoms. The van der Waals surface area contributed by atoms with Gasteiger partial charge in [-0.1, -0.05) is 34.5 Å². The molecule has 0 saturated carbocycles. The van der Waals surface area contributed by atoms with Crippen LogP contribution in [0.1, 0.15) is 31.2 Å². The number of nitrogens with zero attached hydrogens (tertiary/aromatic N) is 3. The van der Waals surface area contributed by atoms with Gasteiger partial charge in [-0.3, -0.25) is 19.5 Å². The van der Waals surface area contributed by atoms with E-state index in [9.17, 15) is 9.59 Å². The third-order valence-electron chi connectivity index (χ3n) is 4.54. The number of carbonyl (C=O) groups is 2. The summed E-state index contributed by atoms with van der Waals surface area (Å²) in [5.74, 6) is -0.388. The summed E-state index contributed by atoms with van der Waals surface area (Å²) >= 11 is 8.69. The van der Waals surface area contributed by atoms with Gasteiger partial charge in [0.25, 0.3) is 0 Å². The summed E-state index contributed by atoms with van der Waals surface area (Å²) in [6.07, 6.45) is 11.8. The first-order valence-electron chi connectivity index (χ1n) is 9.19. The summed E-state index contributed by atoms with van der Waals surface area (Å²) in [7, 11) is 0. The molecular weight excluding hydrogens is 440 g/mol. The molecule has 6 nitrogen and oxygen atoms in total. The standard InChI is InChI=1S/C20H21BrN4O2S/c21-15-7-8-17-16(11-15)19(27)25(20(28)24-17)10-3-1-2-6-18(26)23-13-14-5-4-9-22-12-14/h4-5,7-9,11-12,16H,1-3,6,10,13H2,(H,23,26). The van der Waals surface area contributed by atoms with Crippen LogP contribution in [-0.2, 0) is 16.1 Å². The van der Waals surface area contributed by atoms with E-state index in [1.165, 1.54) is 0 Å². The van der Waals surface area contributed by atoms with Gasteiger partial charge >= 0.3 is 0 Å². The lowest BCUT2D eigenvalue weighted by molar-refractivity contribution is -0.128. The van der Waals surface area contributed by atoms with Crippen LogP contribution in [0.25, 0.3) is 0 Å². The summed E-state index contributed by atoms with van der Waals surface area (Å²) in [6.45, 7) is 1.01. The number of pyridine rings is 1. The normalized spacial score (nSPS) is 18.5. The minimum absolute atomic E-state index is 0.0200. The average Bonchev–Trinajstić information content (AvgIpc) is 2.70.